The highest BCUT2D eigenvalue weighted by atomic mass is 32.1. The largest absolute Gasteiger partial charge is 0.497 e. The van der Waals surface area contributed by atoms with Crippen molar-refractivity contribution in [2.45, 2.75) is 0 Å². The third kappa shape index (κ3) is 2.20. The molecular weight excluding hydrogens is 268 g/mol. The fraction of sp³-hybridized carbons (Fsp3) is 0.0625. The first-order chi connectivity index (χ1) is 9.81. The highest BCUT2D eigenvalue weighted by Crippen LogP contribution is 2.29. The van der Waals surface area contributed by atoms with E-state index in [4.69, 9.17) is 4.74 Å². The zero-order valence-electron chi connectivity index (χ0n) is 10.9. The molecule has 98 valence electrons. The van der Waals surface area contributed by atoms with E-state index >= 15 is 0 Å². The minimum absolute atomic E-state index is 0.642. The van der Waals surface area contributed by atoms with Gasteiger partial charge in [0.25, 0.3) is 0 Å². The summed E-state index contributed by atoms with van der Waals surface area (Å²) in [5, 5.41) is 14.4. The van der Waals surface area contributed by atoms with Crippen LogP contribution in [0.3, 0.4) is 0 Å². The van der Waals surface area contributed by atoms with Crippen molar-refractivity contribution in [1.82, 2.24) is 4.98 Å². The number of methoxy groups -OCH3 is 1. The van der Waals surface area contributed by atoms with Crippen molar-refractivity contribution < 1.29 is 4.74 Å². The summed E-state index contributed by atoms with van der Waals surface area (Å²) in [5.74, 6) is 0.783. The average Bonchev–Trinajstić information content (AvgIpc) is 3.13. The number of hydrogen-bond acceptors (Lipinski definition) is 3. The van der Waals surface area contributed by atoms with Gasteiger partial charge in [-0.25, -0.2) is 0 Å². The predicted octanol–water partition coefficient (Wildman–Crippen LogP) is 4.30. The van der Waals surface area contributed by atoms with E-state index in [0.717, 1.165) is 27.8 Å². The topological polar surface area (TPSA) is 48.8 Å². The number of aromatic amines is 1. The molecule has 0 fully saturated rings. The molecule has 2 heterocycles. The van der Waals surface area contributed by atoms with Crippen molar-refractivity contribution in [3.8, 4) is 11.8 Å². The summed E-state index contributed by atoms with van der Waals surface area (Å²) in [6.07, 6.45) is 3.77. The second-order valence-electron chi connectivity index (χ2n) is 4.34. The van der Waals surface area contributed by atoms with Crippen LogP contribution in [0, 0.1) is 11.3 Å². The highest BCUT2D eigenvalue weighted by Gasteiger charge is 2.09. The van der Waals surface area contributed by atoms with Crippen molar-refractivity contribution in [3.63, 3.8) is 0 Å². The number of benzene rings is 1. The molecule has 2 aromatic heterocycles. The van der Waals surface area contributed by atoms with Crippen LogP contribution in [-0.4, -0.2) is 12.1 Å². The second-order valence-corrected chi connectivity index (χ2v) is 5.12. The molecule has 1 N–H and O–H groups in total. The van der Waals surface area contributed by atoms with Crippen LogP contribution >= 0.6 is 11.3 Å². The van der Waals surface area contributed by atoms with Gasteiger partial charge in [0.15, 0.2) is 0 Å². The van der Waals surface area contributed by atoms with Crippen LogP contribution < -0.4 is 4.74 Å². The third-order valence-electron chi connectivity index (χ3n) is 3.15. The molecule has 3 aromatic rings. The number of allylic oxidation sites excluding steroid dienone is 1. The standard InChI is InChI=1S/C16H12N2OS/c1-19-13-2-3-16-14(7-13)15(9-18-16)12(8-17)6-11-4-5-20-10-11/h2-7,9-10,18H,1H3/b12-6+. The van der Waals surface area contributed by atoms with E-state index in [9.17, 15) is 5.26 Å². The van der Waals surface area contributed by atoms with Crippen LogP contribution in [0.1, 0.15) is 11.1 Å². The number of hydrogen-bond donors (Lipinski definition) is 1. The summed E-state index contributed by atoms with van der Waals surface area (Å²) in [4.78, 5) is 3.19. The van der Waals surface area contributed by atoms with Gasteiger partial charge in [0.05, 0.1) is 18.8 Å². The quantitative estimate of drug-likeness (QED) is 0.727. The normalized spacial score (nSPS) is 11.5. The lowest BCUT2D eigenvalue weighted by Crippen LogP contribution is -1.83. The number of rotatable bonds is 3. The van der Waals surface area contributed by atoms with Gasteiger partial charge in [0.2, 0.25) is 0 Å². The lowest BCUT2D eigenvalue weighted by atomic mass is 10.0. The van der Waals surface area contributed by atoms with Crippen LogP contribution in [0.5, 0.6) is 5.75 Å². The Kier molecular flexibility index (Phi) is 3.28. The number of nitrogens with one attached hydrogen (secondary N) is 1. The molecule has 0 unspecified atom stereocenters. The number of nitrogens with zero attached hydrogens (tertiary/aromatic N) is 1. The van der Waals surface area contributed by atoms with E-state index in [-0.39, 0.29) is 0 Å². The Morgan fingerprint density at radius 3 is 3.00 bits per heavy atom. The maximum atomic E-state index is 9.42. The Morgan fingerprint density at radius 2 is 2.30 bits per heavy atom. The summed E-state index contributed by atoms with van der Waals surface area (Å²) in [6, 6.07) is 10.1. The van der Waals surface area contributed by atoms with Crippen LogP contribution in [0.2, 0.25) is 0 Å². The van der Waals surface area contributed by atoms with Gasteiger partial charge in [-0.15, -0.1) is 0 Å². The summed E-state index contributed by atoms with van der Waals surface area (Å²) >= 11 is 1.62. The SMILES string of the molecule is COc1ccc2[nH]cc(/C(C#N)=C/c3ccsc3)c2c1. The van der Waals surface area contributed by atoms with E-state index in [1.165, 1.54) is 0 Å². The molecule has 0 aliphatic heterocycles. The highest BCUT2D eigenvalue weighted by molar-refractivity contribution is 7.08. The molecule has 3 rings (SSSR count). The third-order valence-corrected chi connectivity index (χ3v) is 3.86. The Balaban J connectivity index is 2.15. The molecule has 0 aliphatic carbocycles. The van der Waals surface area contributed by atoms with Gasteiger partial charge < -0.3 is 9.72 Å². The Bertz CT molecular complexity index is 807. The van der Waals surface area contributed by atoms with Gasteiger partial charge in [0.1, 0.15) is 5.75 Å². The summed E-state index contributed by atoms with van der Waals surface area (Å²) in [5.41, 5.74) is 3.58. The summed E-state index contributed by atoms with van der Waals surface area (Å²) in [7, 11) is 1.64. The van der Waals surface area contributed by atoms with E-state index in [1.54, 1.807) is 18.4 Å². The van der Waals surface area contributed by atoms with Crippen LogP contribution in [0.15, 0.2) is 41.2 Å². The maximum Gasteiger partial charge on any atom is 0.119 e. The van der Waals surface area contributed by atoms with Gasteiger partial charge in [-0.1, -0.05) is 0 Å². The van der Waals surface area contributed by atoms with Gasteiger partial charge >= 0.3 is 0 Å². The molecule has 0 saturated carbocycles. The first-order valence-electron chi connectivity index (χ1n) is 6.11. The lowest BCUT2D eigenvalue weighted by Gasteiger charge is -2.01. The number of nitriles is 1. The Morgan fingerprint density at radius 1 is 1.40 bits per heavy atom. The van der Waals surface area contributed by atoms with Gasteiger partial charge in [-0.3, -0.25) is 0 Å². The number of ether oxygens (including phenoxy) is 1. The molecule has 0 atom stereocenters. The number of thiophene rings is 1. The first kappa shape index (κ1) is 12.5. The summed E-state index contributed by atoms with van der Waals surface area (Å²) < 4.78 is 5.25. The lowest BCUT2D eigenvalue weighted by molar-refractivity contribution is 0.415. The van der Waals surface area contributed by atoms with Crippen molar-refractivity contribution >= 4 is 33.9 Å². The zero-order chi connectivity index (χ0) is 13.9. The number of aromatic nitrogens is 1. The van der Waals surface area contributed by atoms with Gasteiger partial charge in [-0.05, 0) is 46.7 Å². The molecule has 3 nitrogen and oxygen atoms in total. The molecule has 4 heteroatoms. The molecule has 0 saturated heterocycles. The molecular formula is C16H12N2OS. The molecule has 0 spiro atoms. The monoisotopic (exact) mass is 280 g/mol. The molecule has 0 radical (unpaired) electrons. The van der Waals surface area contributed by atoms with Gasteiger partial charge in [0, 0.05) is 22.7 Å². The number of H-pyrrole nitrogens is 1. The van der Waals surface area contributed by atoms with Crippen molar-refractivity contribution in [3.05, 3.63) is 52.3 Å². The van der Waals surface area contributed by atoms with Crippen molar-refractivity contribution in [2.75, 3.05) is 7.11 Å². The fourth-order valence-electron chi connectivity index (χ4n) is 2.14. The molecule has 1 aromatic carbocycles. The number of fused-ring (bicyclic) bond motifs is 1. The maximum absolute atomic E-state index is 9.42. The van der Waals surface area contributed by atoms with E-state index in [2.05, 4.69) is 11.1 Å². The average molecular weight is 280 g/mol. The van der Waals surface area contributed by atoms with E-state index < -0.39 is 0 Å². The smallest absolute Gasteiger partial charge is 0.119 e. The van der Waals surface area contributed by atoms with Crippen molar-refractivity contribution in [2.24, 2.45) is 0 Å². The molecule has 0 aliphatic rings. The van der Waals surface area contributed by atoms with E-state index in [0.29, 0.717) is 5.57 Å². The predicted molar refractivity (Wildman–Crippen MR) is 82.7 cm³/mol. The summed E-state index contributed by atoms with van der Waals surface area (Å²) in [6.45, 7) is 0. The molecule has 20 heavy (non-hydrogen) atoms. The first-order valence-corrected chi connectivity index (χ1v) is 7.05. The minimum Gasteiger partial charge on any atom is -0.497 e. The zero-order valence-corrected chi connectivity index (χ0v) is 11.7. The molecule has 0 amide bonds. The minimum atomic E-state index is 0.642. The molecule has 0 bridgehead atoms. The van der Waals surface area contributed by atoms with Crippen LogP contribution in [0.25, 0.3) is 22.6 Å². The van der Waals surface area contributed by atoms with Crippen molar-refractivity contribution in [1.29, 1.82) is 5.26 Å². The fourth-order valence-corrected chi connectivity index (χ4v) is 2.76. The Hall–Kier alpha value is -2.51. The van der Waals surface area contributed by atoms with Crippen LogP contribution in [0.4, 0.5) is 0 Å². The van der Waals surface area contributed by atoms with Crippen LogP contribution in [-0.2, 0) is 0 Å². The van der Waals surface area contributed by atoms with E-state index in [1.807, 2.05) is 47.3 Å². The van der Waals surface area contributed by atoms with Gasteiger partial charge in [-0.2, -0.15) is 16.6 Å². The second kappa shape index (κ2) is 5.24. The Labute approximate surface area is 120 Å².